The Kier molecular flexibility index (Phi) is 6.33. The Morgan fingerprint density at radius 2 is 1.58 bits per heavy atom. The van der Waals surface area contributed by atoms with Crippen molar-refractivity contribution in [2.45, 2.75) is 0 Å². The molecule has 4 rings (SSSR count). The van der Waals surface area contributed by atoms with E-state index < -0.39 is 11.8 Å². The van der Waals surface area contributed by atoms with Gasteiger partial charge in [-0.1, -0.05) is 29.8 Å². The fourth-order valence-corrected chi connectivity index (χ4v) is 3.22. The molecule has 0 spiro atoms. The molecule has 7 nitrogen and oxygen atoms in total. The number of benzene rings is 3. The highest BCUT2D eigenvalue weighted by Gasteiger charge is 2.19. The zero-order chi connectivity index (χ0) is 23.4. The Hall–Kier alpha value is -4.23. The first kappa shape index (κ1) is 22.0. The van der Waals surface area contributed by atoms with Gasteiger partial charge >= 0.3 is 5.97 Å². The lowest BCUT2D eigenvalue weighted by molar-refractivity contribution is 0.0694. The van der Waals surface area contributed by atoms with E-state index in [1.54, 1.807) is 36.4 Å². The number of aromatic nitrogens is 2. The Morgan fingerprint density at radius 1 is 0.909 bits per heavy atom. The summed E-state index contributed by atoms with van der Waals surface area (Å²) >= 11 is 5.93. The maximum Gasteiger partial charge on any atom is 0.339 e. The standard InChI is InChI=1S/C25H18ClN3O4/c1-29(18-10-8-17(26)9-11-18)19-14-27-24(28-15-19)23(30)16-7-12-22(21(13-16)25(31)32)33-20-5-3-2-4-6-20/h2-15H,1H3,(H,31,32). The quantitative estimate of drug-likeness (QED) is 0.358. The van der Waals surface area contributed by atoms with Crippen molar-refractivity contribution in [3.63, 3.8) is 0 Å². The van der Waals surface area contributed by atoms with Crippen LogP contribution in [0.15, 0.2) is 85.2 Å². The Balaban J connectivity index is 1.56. The molecule has 4 aromatic rings. The Bertz CT molecular complexity index is 1290. The molecule has 1 N–H and O–H groups in total. The van der Waals surface area contributed by atoms with Gasteiger partial charge in [-0.25, -0.2) is 14.8 Å². The van der Waals surface area contributed by atoms with Gasteiger partial charge in [0.2, 0.25) is 11.6 Å². The van der Waals surface area contributed by atoms with Crippen LogP contribution in [0.2, 0.25) is 5.02 Å². The number of carboxylic acids is 1. The molecule has 0 radical (unpaired) electrons. The normalized spacial score (nSPS) is 10.5. The molecular formula is C25H18ClN3O4. The van der Waals surface area contributed by atoms with E-state index in [2.05, 4.69) is 9.97 Å². The average molecular weight is 460 g/mol. The summed E-state index contributed by atoms with van der Waals surface area (Å²) in [6.07, 6.45) is 3.06. The zero-order valence-corrected chi connectivity index (χ0v) is 18.2. The first-order valence-electron chi connectivity index (χ1n) is 9.88. The van der Waals surface area contributed by atoms with Gasteiger partial charge in [-0.3, -0.25) is 4.79 Å². The van der Waals surface area contributed by atoms with E-state index in [4.69, 9.17) is 16.3 Å². The molecule has 0 atom stereocenters. The lowest BCUT2D eigenvalue weighted by atomic mass is 10.1. The third-order valence-electron chi connectivity index (χ3n) is 4.89. The van der Waals surface area contributed by atoms with Crippen molar-refractivity contribution in [3.8, 4) is 11.5 Å². The second kappa shape index (κ2) is 9.50. The number of para-hydroxylation sites is 1. The van der Waals surface area contributed by atoms with E-state index in [0.717, 1.165) is 5.69 Å². The van der Waals surface area contributed by atoms with Crippen molar-refractivity contribution >= 4 is 34.7 Å². The van der Waals surface area contributed by atoms with Gasteiger partial charge in [-0.2, -0.15) is 0 Å². The van der Waals surface area contributed by atoms with Crippen molar-refractivity contribution < 1.29 is 19.4 Å². The first-order valence-corrected chi connectivity index (χ1v) is 10.3. The summed E-state index contributed by atoms with van der Waals surface area (Å²) in [6, 6.07) is 20.3. The molecule has 1 heterocycles. The van der Waals surface area contributed by atoms with E-state index in [-0.39, 0.29) is 22.7 Å². The molecule has 1 aromatic heterocycles. The molecule has 0 aliphatic carbocycles. The molecule has 8 heteroatoms. The number of hydrogen-bond acceptors (Lipinski definition) is 6. The molecule has 0 saturated carbocycles. The molecule has 0 aliphatic heterocycles. The van der Waals surface area contributed by atoms with Gasteiger partial charge in [0.15, 0.2) is 0 Å². The van der Waals surface area contributed by atoms with E-state index in [0.29, 0.717) is 16.5 Å². The van der Waals surface area contributed by atoms with Crippen LogP contribution in [0, 0.1) is 0 Å². The number of halogens is 1. The van der Waals surface area contributed by atoms with Crippen LogP contribution in [-0.4, -0.2) is 33.9 Å². The summed E-state index contributed by atoms with van der Waals surface area (Å²) in [7, 11) is 1.84. The van der Waals surface area contributed by atoms with Crippen LogP contribution in [0.4, 0.5) is 11.4 Å². The fraction of sp³-hybridized carbons (Fsp3) is 0.0400. The molecule has 0 bridgehead atoms. The lowest BCUT2D eigenvalue weighted by Crippen LogP contribution is -2.13. The third-order valence-corrected chi connectivity index (χ3v) is 5.14. The van der Waals surface area contributed by atoms with E-state index in [1.807, 2.05) is 30.1 Å². The number of hydrogen-bond donors (Lipinski definition) is 1. The third kappa shape index (κ3) is 4.99. The number of carboxylic acid groups (broad SMARTS) is 1. The van der Waals surface area contributed by atoms with Gasteiger partial charge in [0, 0.05) is 23.3 Å². The van der Waals surface area contributed by atoms with Gasteiger partial charge in [0.1, 0.15) is 17.1 Å². The minimum absolute atomic E-state index is 0.0451. The summed E-state index contributed by atoms with van der Waals surface area (Å²) in [5.74, 6) is -1.13. The number of aromatic carboxylic acids is 1. The Morgan fingerprint density at radius 3 is 2.21 bits per heavy atom. The average Bonchev–Trinajstić information content (AvgIpc) is 2.84. The summed E-state index contributed by atoms with van der Waals surface area (Å²) in [5.41, 5.74) is 1.56. The molecule has 33 heavy (non-hydrogen) atoms. The van der Waals surface area contributed by atoms with Gasteiger partial charge in [-0.15, -0.1) is 0 Å². The topological polar surface area (TPSA) is 92.6 Å². The second-order valence-electron chi connectivity index (χ2n) is 7.06. The molecule has 0 fully saturated rings. The number of ketones is 1. The molecular weight excluding hydrogens is 442 g/mol. The molecule has 0 unspecified atom stereocenters. The number of rotatable bonds is 7. The number of carbonyl (C=O) groups excluding carboxylic acids is 1. The molecule has 0 aliphatic rings. The lowest BCUT2D eigenvalue weighted by Gasteiger charge is -2.18. The van der Waals surface area contributed by atoms with Crippen LogP contribution in [0.25, 0.3) is 0 Å². The summed E-state index contributed by atoms with van der Waals surface area (Å²) < 4.78 is 5.67. The largest absolute Gasteiger partial charge is 0.478 e. The number of carbonyl (C=O) groups is 2. The molecule has 164 valence electrons. The van der Waals surface area contributed by atoms with Gasteiger partial charge < -0.3 is 14.7 Å². The van der Waals surface area contributed by atoms with Crippen molar-refractivity contribution in [1.82, 2.24) is 9.97 Å². The minimum Gasteiger partial charge on any atom is -0.478 e. The number of nitrogens with zero attached hydrogens (tertiary/aromatic N) is 3. The minimum atomic E-state index is -1.21. The Labute approximate surface area is 194 Å². The predicted molar refractivity (Wildman–Crippen MR) is 125 cm³/mol. The monoisotopic (exact) mass is 459 g/mol. The highest BCUT2D eigenvalue weighted by Crippen LogP contribution is 2.28. The van der Waals surface area contributed by atoms with Crippen LogP contribution in [0.3, 0.4) is 0 Å². The SMILES string of the molecule is CN(c1ccc(Cl)cc1)c1cnc(C(=O)c2ccc(Oc3ccccc3)c(C(=O)O)c2)nc1. The number of anilines is 2. The predicted octanol–water partition coefficient (Wildman–Crippen LogP) is 5.62. The maximum atomic E-state index is 12.9. The first-order chi connectivity index (χ1) is 15.9. The molecule has 3 aromatic carbocycles. The highest BCUT2D eigenvalue weighted by atomic mass is 35.5. The van der Waals surface area contributed by atoms with E-state index in [9.17, 15) is 14.7 Å². The van der Waals surface area contributed by atoms with Crippen LogP contribution in [0.5, 0.6) is 11.5 Å². The van der Waals surface area contributed by atoms with Gasteiger partial charge in [-0.05, 0) is 54.6 Å². The van der Waals surface area contributed by atoms with E-state index >= 15 is 0 Å². The van der Waals surface area contributed by atoms with Crippen LogP contribution in [0.1, 0.15) is 26.5 Å². The van der Waals surface area contributed by atoms with Crippen molar-refractivity contribution in [1.29, 1.82) is 0 Å². The number of ether oxygens (including phenoxy) is 1. The smallest absolute Gasteiger partial charge is 0.339 e. The summed E-state index contributed by atoms with van der Waals surface area (Å²) in [5, 5.41) is 10.2. The second-order valence-corrected chi connectivity index (χ2v) is 7.50. The van der Waals surface area contributed by atoms with Crippen molar-refractivity contribution in [2.75, 3.05) is 11.9 Å². The van der Waals surface area contributed by atoms with Gasteiger partial charge in [0.05, 0.1) is 18.1 Å². The fourth-order valence-electron chi connectivity index (χ4n) is 3.10. The van der Waals surface area contributed by atoms with Crippen molar-refractivity contribution in [2.24, 2.45) is 0 Å². The summed E-state index contributed by atoms with van der Waals surface area (Å²) in [6.45, 7) is 0. The van der Waals surface area contributed by atoms with Gasteiger partial charge in [0.25, 0.3) is 0 Å². The summed E-state index contributed by atoms with van der Waals surface area (Å²) in [4.78, 5) is 34.9. The van der Waals surface area contributed by atoms with Crippen LogP contribution in [-0.2, 0) is 0 Å². The van der Waals surface area contributed by atoms with Crippen LogP contribution < -0.4 is 9.64 Å². The van der Waals surface area contributed by atoms with Crippen LogP contribution >= 0.6 is 11.6 Å². The van der Waals surface area contributed by atoms with E-state index in [1.165, 1.54) is 30.6 Å². The molecule has 0 saturated heterocycles. The highest BCUT2D eigenvalue weighted by molar-refractivity contribution is 6.30. The zero-order valence-electron chi connectivity index (χ0n) is 17.5. The molecule has 0 amide bonds. The maximum absolute atomic E-state index is 12.9. The van der Waals surface area contributed by atoms with Crippen molar-refractivity contribution in [3.05, 3.63) is 107 Å².